The van der Waals surface area contributed by atoms with Gasteiger partial charge in [0.15, 0.2) is 5.82 Å². The molecule has 1 amide bonds. The van der Waals surface area contributed by atoms with E-state index in [1.807, 2.05) is 0 Å². The molecule has 0 saturated heterocycles. The highest BCUT2D eigenvalue weighted by atomic mass is 19.1. The number of carbonyl (C=O) groups is 2. The number of hydrogen-bond donors (Lipinski definition) is 3. The van der Waals surface area contributed by atoms with Gasteiger partial charge in [-0.2, -0.15) is 9.90 Å². The van der Waals surface area contributed by atoms with Crippen LogP contribution in [0.1, 0.15) is 27.2 Å². The van der Waals surface area contributed by atoms with Gasteiger partial charge in [-0.05, 0) is 50.3 Å². The second-order valence-corrected chi connectivity index (χ2v) is 9.33. The molecule has 0 spiro atoms. The summed E-state index contributed by atoms with van der Waals surface area (Å²) in [5, 5.41) is 29.8. The zero-order chi connectivity index (χ0) is 28.2. The lowest BCUT2D eigenvalue weighted by atomic mass is 10.2. The number of nitrogens with one attached hydrogen (secondary N) is 2. The van der Waals surface area contributed by atoms with Gasteiger partial charge in [0.05, 0.1) is 30.3 Å². The van der Waals surface area contributed by atoms with Gasteiger partial charge in [0.1, 0.15) is 17.2 Å². The second-order valence-electron chi connectivity index (χ2n) is 9.33. The minimum atomic E-state index is -1.17. The molecular formula is C24H24F2N8O5. The lowest BCUT2D eigenvalue weighted by Crippen LogP contribution is -2.42. The van der Waals surface area contributed by atoms with Gasteiger partial charge in [-0.15, -0.1) is 10.2 Å². The van der Waals surface area contributed by atoms with Gasteiger partial charge in [-0.3, -0.25) is 9.89 Å². The summed E-state index contributed by atoms with van der Waals surface area (Å²) in [6.07, 6.45) is 1.65. The lowest BCUT2D eigenvalue weighted by Gasteiger charge is -2.22. The van der Waals surface area contributed by atoms with Crippen LogP contribution in [0.3, 0.4) is 0 Å². The Morgan fingerprint density at radius 2 is 1.97 bits per heavy atom. The fourth-order valence-electron chi connectivity index (χ4n) is 3.39. The Morgan fingerprint density at radius 1 is 1.18 bits per heavy atom. The van der Waals surface area contributed by atoms with E-state index in [-0.39, 0.29) is 29.6 Å². The molecule has 3 N–H and O–H groups in total. The zero-order valence-electron chi connectivity index (χ0n) is 21.1. The number of carbonyl (C=O) groups excluding carboxylic acids is 1. The van der Waals surface area contributed by atoms with Crippen LogP contribution in [-0.2, 0) is 16.1 Å². The number of carboxylic acid groups (broad SMARTS) is 1. The SMILES string of the molecule is CC(C)(C)OC(=O)NC(CC(=O)O)Cn1nnc(-c2ccc(Oc3ncc(-c4ccn[nH]4)cc3F)cc2F)n1. The molecule has 0 saturated carbocycles. The van der Waals surface area contributed by atoms with Crippen LogP contribution in [0.2, 0.25) is 0 Å². The largest absolute Gasteiger partial charge is 0.481 e. The number of aromatic amines is 1. The molecule has 1 atom stereocenters. The molecule has 0 radical (unpaired) electrons. The Bertz CT molecular complexity index is 1470. The van der Waals surface area contributed by atoms with Crippen LogP contribution in [0.5, 0.6) is 11.6 Å². The van der Waals surface area contributed by atoms with E-state index in [1.54, 1.807) is 26.8 Å². The van der Waals surface area contributed by atoms with Crippen molar-refractivity contribution < 1.29 is 33.0 Å². The van der Waals surface area contributed by atoms with Crippen LogP contribution in [0.25, 0.3) is 22.6 Å². The van der Waals surface area contributed by atoms with Gasteiger partial charge < -0.3 is 19.9 Å². The fraction of sp³-hybridized carbons (Fsp3) is 0.292. The van der Waals surface area contributed by atoms with E-state index in [2.05, 4.69) is 35.9 Å². The molecule has 3 aromatic heterocycles. The van der Waals surface area contributed by atoms with Crippen LogP contribution < -0.4 is 10.1 Å². The average molecular weight is 543 g/mol. The average Bonchev–Trinajstić information content (AvgIpc) is 3.51. The maximum Gasteiger partial charge on any atom is 0.407 e. The van der Waals surface area contributed by atoms with Gasteiger partial charge in [-0.1, -0.05) is 0 Å². The monoisotopic (exact) mass is 542 g/mol. The number of aliphatic carboxylic acids is 1. The van der Waals surface area contributed by atoms with Crippen LogP contribution in [-0.4, -0.2) is 64.2 Å². The molecule has 13 nitrogen and oxygen atoms in total. The summed E-state index contributed by atoms with van der Waals surface area (Å²) in [6.45, 7) is 4.84. The highest BCUT2D eigenvalue weighted by Gasteiger charge is 2.23. The first-order valence-electron chi connectivity index (χ1n) is 11.6. The summed E-state index contributed by atoms with van der Waals surface area (Å²) < 4.78 is 39.9. The molecule has 39 heavy (non-hydrogen) atoms. The number of alkyl carbamates (subject to hydrolysis) is 1. The molecule has 204 valence electrons. The standard InChI is InChI=1S/C24H24F2N8O5/c1-24(2,3)39-23(37)29-14(9-20(35)36)12-34-32-21(31-33-34)16-5-4-15(10-17(16)25)38-22-18(26)8-13(11-27-22)19-6-7-28-30-19/h4-8,10-11,14H,9,12H2,1-3H3,(H,28,30)(H,29,37)(H,35,36). The number of ether oxygens (including phenoxy) is 2. The second kappa shape index (κ2) is 11.2. The topological polar surface area (TPSA) is 170 Å². The van der Waals surface area contributed by atoms with E-state index in [0.717, 1.165) is 10.9 Å². The number of nitrogens with zero attached hydrogens (tertiary/aromatic N) is 6. The zero-order valence-corrected chi connectivity index (χ0v) is 21.1. The maximum atomic E-state index is 14.9. The Kier molecular flexibility index (Phi) is 7.78. The smallest absolute Gasteiger partial charge is 0.407 e. The lowest BCUT2D eigenvalue weighted by molar-refractivity contribution is -0.137. The van der Waals surface area contributed by atoms with E-state index >= 15 is 0 Å². The van der Waals surface area contributed by atoms with Crippen molar-refractivity contribution in [1.29, 1.82) is 0 Å². The van der Waals surface area contributed by atoms with Crippen LogP contribution in [0.15, 0.2) is 42.7 Å². The molecule has 0 aliphatic rings. The van der Waals surface area contributed by atoms with Crippen molar-refractivity contribution in [3.63, 3.8) is 0 Å². The normalized spacial score (nSPS) is 12.1. The van der Waals surface area contributed by atoms with Crippen molar-refractivity contribution in [3.05, 3.63) is 54.4 Å². The number of benzene rings is 1. The number of halogens is 2. The summed E-state index contributed by atoms with van der Waals surface area (Å²) in [5.41, 5.74) is 0.209. The number of rotatable bonds is 9. The molecule has 0 fully saturated rings. The molecule has 15 heteroatoms. The predicted molar refractivity (Wildman–Crippen MR) is 130 cm³/mol. The number of tetrazole rings is 1. The van der Waals surface area contributed by atoms with Crippen molar-refractivity contribution in [1.82, 2.24) is 40.7 Å². The fourth-order valence-corrected chi connectivity index (χ4v) is 3.39. The number of pyridine rings is 1. The first-order chi connectivity index (χ1) is 18.5. The highest BCUT2D eigenvalue weighted by molar-refractivity contribution is 5.71. The first kappa shape index (κ1) is 27.1. The van der Waals surface area contributed by atoms with Crippen molar-refractivity contribution in [2.75, 3.05) is 0 Å². The number of hydrogen-bond acceptors (Lipinski definition) is 9. The van der Waals surface area contributed by atoms with E-state index < -0.39 is 41.8 Å². The van der Waals surface area contributed by atoms with Crippen LogP contribution in [0, 0.1) is 11.6 Å². The molecule has 0 aliphatic heterocycles. The third-order valence-corrected chi connectivity index (χ3v) is 4.99. The third-order valence-electron chi connectivity index (χ3n) is 4.99. The number of amides is 1. The molecule has 3 heterocycles. The Hall–Kier alpha value is -4.95. The van der Waals surface area contributed by atoms with Crippen molar-refractivity contribution in [2.24, 2.45) is 0 Å². The molecule has 0 bridgehead atoms. The Balaban J connectivity index is 1.45. The molecule has 1 aromatic carbocycles. The predicted octanol–water partition coefficient (Wildman–Crippen LogP) is 3.56. The number of H-pyrrole nitrogens is 1. The van der Waals surface area contributed by atoms with Gasteiger partial charge in [0.25, 0.3) is 5.88 Å². The molecular weight excluding hydrogens is 518 g/mol. The molecule has 1 unspecified atom stereocenters. The van der Waals surface area contributed by atoms with Gasteiger partial charge >= 0.3 is 12.1 Å². The Labute approximate surface area is 220 Å². The summed E-state index contributed by atoms with van der Waals surface area (Å²) in [6, 6.07) is 5.63. The Morgan fingerprint density at radius 3 is 2.62 bits per heavy atom. The molecule has 0 aliphatic carbocycles. The minimum absolute atomic E-state index is 0.0209. The quantitative estimate of drug-likeness (QED) is 0.284. The van der Waals surface area contributed by atoms with Crippen molar-refractivity contribution in [3.8, 4) is 34.3 Å². The van der Waals surface area contributed by atoms with Gasteiger partial charge in [0, 0.05) is 24.0 Å². The van der Waals surface area contributed by atoms with E-state index in [4.69, 9.17) is 9.47 Å². The van der Waals surface area contributed by atoms with Crippen molar-refractivity contribution >= 4 is 12.1 Å². The van der Waals surface area contributed by atoms with Gasteiger partial charge in [-0.25, -0.2) is 18.6 Å². The third kappa shape index (κ3) is 7.30. The molecule has 4 aromatic rings. The number of carboxylic acids is 1. The maximum absolute atomic E-state index is 14.9. The van der Waals surface area contributed by atoms with E-state index in [0.29, 0.717) is 11.3 Å². The first-order valence-corrected chi connectivity index (χ1v) is 11.6. The summed E-state index contributed by atoms with van der Waals surface area (Å²) in [7, 11) is 0. The minimum Gasteiger partial charge on any atom is -0.481 e. The number of aromatic nitrogens is 7. The summed E-state index contributed by atoms with van der Waals surface area (Å²) in [4.78, 5) is 28.3. The molecule has 4 rings (SSSR count). The van der Waals surface area contributed by atoms with E-state index in [1.165, 1.54) is 30.6 Å². The van der Waals surface area contributed by atoms with Crippen LogP contribution >= 0.6 is 0 Å². The van der Waals surface area contributed by atoms with Crippen molar-refractivity contribution in [2.45, 2.75) is 45.4 Å². The van der Waals surface area contributed by atoms with Gasteiger partial charge in [0.2, 0.25) is 5.82 Å². The summed E-state index contributed by atoms with van der Waals surface area (Å²) in [5.74, 6) is -3.18. The van der Waals surface area contributed by atoms with E-state index in [9.17, 15) is 23.5 Å². The highest BCUT2D eigenvalue weighted by Crippen LogP contribution is 2.29. The van der Waals surface area contributed by atoms with Crippen LogP contribution in [0.4, 0.5) is 13.6 Å². The summed E-state index contributed by atoms with van der Waals surface area (Å²) >= 11 is 0.